The largest absolute Gasteiger partial charge is 0.295 e. The van der Waals surface area contributed by atoms with Crippen LogP contribution in [-0.2, 0) is 5.92 Å². The molecule has 0 saturated carbocycles. The molecule has 0 saturated heterocycles. The Morgan fingerprint density at radius 1 is 1.00 bits per heavy atom. The van der Waals surface area contributed by atoms with Crippen molar-refractivity contribution in [3.63, 3.8) is 0 Å². The molecule has 2 aromatic rings. The van der Waals surface area contributed by atoms with Crippen LogP contribution < -0.4 is 0 Å². The van der Waals surface area contributed by atoms with Crippen LogP contribution in [0.2, 0.25) is 0 Å². The van der Waals surface area contributed by atoms with Gasteiger partial charge in [0, 0.05) is 18.1 Å². The zero-order chi connectivity index (χ0) is 17.5. The summed E-state index contributed by atoms with van der Waals surface area (Å²) in [5.41, 5.74) is 1.25. The van der Waals surface area contributed by atoms with E-state index in [4.69, 9.17) is 10.5 Å². The normalized spacial score (nSPS) is 9.83. The average Bonchev–Trinajstić information content (AvgIpc) is 2.54. The minimum absolute atomic E-state index is 0.0119. The van der Waals surface area contributed by atoms with Crippen LogP contribution in [0.15, 0.2) is 48.5 Å². The maximum atomic E-state index is 12.7. The van der Waals surface area contributed by atoms with Gasteiger partial charge in [-0.25, -0.2) is 8.78 Å². The Kier molecular flexibility index (Phi) is 6.12. The number of ketones is 1. The van der Waals surface area contributed by atoms with Gasteiger partial charge in [0.15, 0.2) is 5.78 Å². The third kappa shape index (κ3) is 5.68. The lowest BCUT2D eigenvalue weighted by atomic mass is 10.1. The summed E-state index contributed by atoms with van der Waals surface area (Å²) in [5, 5.41) is 16.9. The van der Waals surface area contributed by atoms with E-state index in [-0.39, 0.29) is 16.9 Å². The maximum Gasteiger partial charge on any atom is 0.270 e. The Bertz CT molecular complexity index is 781. The lowest BCUT2D eigenvalue weighted by Gasteiger charge is -2.09. The molecule has 0 heterocycles. The van der Waals surface area contributed by atoms with Crippen LogP contribution >= 0.6 is 0 Å². The molecule has 0 aliphatic carbocycles. The van der Waals surface area contributed by atoms with Gasteiger partial charge in [-0.05, 0) is 31.2 Å². The molecule has 0 spiro atoms. The van der Waals surface area contributed by atoms with Crippen molar-refractivity contribution >= 4 is 5.78 Å². The number of nitrogens with zero attached hydrogens (tertiary/aromatic N) is 2. The molecule has 0 atom stereocenters. The van der Waals surface area contributed by atoms with Crippen molar-refractivity contribution in [1.82, 2.24) is 0 Å². The SMILES string of the molecule is CC(=O)c1cccc(C#N)c1.CC(F)(F)c1cccc(C#N)c1. The van der Waals surface area contributed by atoms with E-state index in [1.165, 1.54) is 31.2 Å². The van der Waals surface area contributed by atoms with E-state index in [0.717, 1.165) is 6.92 Å². The molecular weight excluding hydrogens is 298 g/mol. The van der Waals surface area contributed by atoms with Crippen LogP contribution in [0.5, 0.6) is 0 Å². The molecule has 0 radical (unpaired) electrons. The lowest BCUT2D eigenvalue weighted by molar-refractivity contribution is 0.0174. The number of rotatable bonds is 2. The quantitative estimate of drug-likeness (QED) is 0.770. The van der Waals surface area contributed by atoms with Gasteiger partial charge in [-0.15, -0.1) is 0 Å². The summed E-state index contributed by atoms with van der Waals surface area (Å²) in [5.74, 6) is -2.88. The third-order valence-electron chi connectivity index (χ3n) is 2.90. The average molecular weight is 312 g/mol. The van der Waals surface area contributed by atoms with Crippen molar-refractivity contribution in [3.05, 3.63) is 70.8 Å². The molecule has 0 bridgehead atoms. The predicted octanol–water partition coefficient (Wildman–Crippen LogP) is 4.43. The molecule has 5 heteroatoms. The third-order valence-corrected chi connectivity index (χ3v) is 2.90. The van der Waals surface area contributed by atoms with E-state index < -0.39 is 5.92 Å². The minimum Gasteiger partial charge on any atom is -0.295 e. The van der Waals surface area contributed by atoms with Crippen molar-refractivity contribution in [2.45, 2.75) is 19.8 Å². The molecule has 0 aliphatic rings. The monoisotopic (exact) mass is 312 g/mol. The summed E-state index contributed by atoms with van der Waals surface area (Å²) in [6, 6.07) is 15.9. The van der Waals surface area contributed by atoms with E-state index in [1.54, 1.807) is 30.3 Å². The summed E-state index contributed by atoms with van der Waals surface area (Å²) in [4.78, 5) is 10.8. The summed E-state index contributed by atoms with van der Waals surface area (Å²) in [6.45, 7) is 2.29. The second-order valence-corrected chi connectivity index (χ2v) is 4.83. The van der Waals surface area contributed by atoms with Crippen LogP contribution in [0.4, 0.5) is 8.78 Å². The number of alkyl halides is 2. The van der Waals surface area contributed by atoms with Crippen LogP contribution in [0.25, 0.3) is 0 Å². The molecule has 3 nitrogen and oxygen atoms in total. The Morgan fingerprint density at radius 3 is 2.00 bits per heavy atom. The van der Waals surface area contributed by atoms with Crippen LogP contribution in [0, 0.1) is 22.7 Å². The topological polar surface area (TPSA) is 64.7 Å². The highest BCUT2D eigenvalue weighted by Crippen LogP contribution is 2.26. The molecule has 0 fully saturated rings. The number of nitriles is 2. The van der Waals surface area contributed by atoms with Gasteiger partial charge in [0.25, 0.3) is 5.92 Å². The van der Waals surface area contributed by atoms with Crippen molar-refractivity contribution in [3.8, 4) is 12.1 Å². The van der Waals surface area contributed by atoms with Crippen molar-refractivity contribution in [2.75, 3.05) is 0 Å². The van der Waals surface area contributed by atoms with Gasteiger partial charge in [0.1, 0.15) is 0 Å². The van der Waals surface area contributed by atoms with Crippen molar-refractivity contribution in [1.29, 1.82) is 10.5 Å². The van der Waals surface area contributed by atoms with Crippen LogP contribution in [0.3, 0.4) is 0 Å². The van der Waals surface area contributed by atoms with Gasteiger partial charge in [0.05, 0.1) is 23.3 Å². The Balaban J connectivity index is 0.000000231. The zero-order valence-corrected chi connectivity index (χ0v) is 12.7. The molecule has 2 rings (SSSR count). The Hall–Kier alpha value is -3.05. The number of hydrogen-bond donors (Lipinski definition) is 0. The molecule has 0 N–H and O–H groups in total. The first-order valence-corrected chi connectivity index (χ1v) is 6.67. The van der Waals surface area contributed by atoms with Gasteiger partial charge >= 0.3 is 0 Å². The van der Waals surface area contributed by atoms with Gasteiger partial charge in [-0.1, -0.05) is 24.3 Å². The number of hydrogen-bond acceptors (Lipinski definition) is 3. The maximum absolute atomic E-state index is 12.7. The fourth-order valence-electron chi connectivity index (χ4n) is 1.67. The Labute approximate surface area is 133 Å². The molecule has 116 valence electrons. The smallest absolute Gasteiger partial charge is 0.270 e. The number of halogens is 2. The van der Waals surface area contributed by atoms with E-state index in [0.29, 0.717) is 11.1 Å². The molecule has 0 aromatic heterocycles. The highest BCUT2D eigenvalue weighted by Gasteiger charge is 2.23. The van der Waals surface area contributed by atoms with Gasteiger partial charge in [-0.3, -0.25) is 4.79 Å². The molecule has 23 heavy (non-hydrogen) atoms. The molecular formula is C18H14F2N2O. The summed E-state index contributed by atoms with van der Waals surface area (Å²) in [6.07, 6.45) is 0. The summed E-state index contributed by atoms with van der Waals surface area (Å²) < 4.78 is 25.3. The summed E-state index contributed by atoms with van der Waals surface area (Å²) in [7, 11) is 0. The number of carbonyl (C=O) groups excluding carboxylic acids is 1. The second kappa shape index (κ2) is 7.82. The van der Waals surface area contributed by atoms with Gasteiger partial charge in [0.2, 0.25) is 0 Å². The molecule has 2 aromatic carbocycles. The number of carbonyl (C=O) groups is 1. The van der Waals surface area contributed by atoms with E-state index in [2.05, 4.69) is 0 Å². The zero-order valence-electron chi connectivity index (χ0n) is 12.7. The second-order valence-electron chi connectivity index (χ2n) is 4.83. The van der Waals surface area contributed by atoms with Crippen LogP contribution in [0.1, 0.15) is 40.9 Å². The first-order valence-electron chi connectivity index (χ1n) is 6.67. The first kappa shape index (κ1) is 18.0. The summed E-state index contributed by atoms with van der Waals surface area (Å²) >= 11 is 0. The molecule has 0 aliphatic heterocycles. The highest BCUT2D eigenvalue weighted by molar-refractivity contribution is 5.94. The van der Waals surface area contributed by atoms with E-state index in [1.807, 2.05) is 6.07 Å². The fourth-order valence-corrected chi connectivity index (χ4v) is 1.67. The highest BCUT2D eigenvalue weighted by atomic mass is 19.3. The van der Waals surface area contributed by atoms with Crippen molar-refractivity contribution < 1.29 is 13.6 Å². The van der Waals surface area contributed by atoms with E-state index >= 15 is 0 Å². The van der Waals surface area contributed by atoms with Crippen LogP contribution in [-0.4, -0.2) is 5.78 Å². The number of benzene rings is 2. The molecule has 0 amide bonds. The first-order chi connectivity index (χ1) is 10.8. The van der Waals surface area contributed by atoms with Gasteiger partial charge in [-0.2, -0.15) is 10.5 Å². The minimum atomic E-state index is -2.87. The fraction of sp³-hybridized carbons (Fsp3) is 0.167. The van der Waals surface area contributed by atoms with Gasteiger partial charge < -0.3 is 0 Å². The lowest BCUT2D eigenvalue weighted by Crippen LogP contribution is -2.06. The Morgan fingerprint density at radius 2 is 1.52 bits per heavy atom. The number of Topliss-reactive ketones (excluding diaryl/α,β-unsaturated/α-hetero) is 1. The molecule has 0 unspecified atom stereocenters. The predicted molar refractivity (Wildman–Crippen MR) is 81.9 cm³/mol. The van der Waals surface area contributed by atoms with Crippen molar-refractivity contribution in [2.24, 2.45) is 0 Å². The standard InChI is InChI=1S/C9H7F2N.C9H7NO/c1-9(10,11)8-4-2-3-7(5-8)6-12;1-7(11)9-4-2-3-8(5-9)6-10/h2-5H,1H3;2-5H,1H3. The van der Waals surface area contributed by atoms with E-state index in [9.17, 15) is 13.6 Å².